The van der Waals surface area contributed by atoms with E-state index in [4.69, 9.17) is 14.6 Å². The van der Waals surface area contributed by atoms with Crippen molar-refractivity contribution in [3.8, 4) is 16.9 Å². The topological polar surface area (TPSA) is 80.7 Å². The second-order valence-corrected chi connectivity index (χ2v) is 6.83. The van der Waals surface area contributed by atoms with E-state index < -0.39 is 11.8 Å². The Labute approximate surface area is 163 Å². The minimum atomic E-state index is -0.892. The van der Waals surface area contributed by atoms with Crippen LogP contribution >= 0.6 is 0 Å². The Balaban J connectivity index is 1.65. The first-order chi connectivity index (χ1) is 13.6. The molecule has 0 amide bonds. The SMILES string of the molecule is O=C(O)CCCOc1ccc(-c2cccnc2NCC2CCOCC2)cc1F. The van der Waals surface area contributed by atoms with Gasteiger partial charge in [-0.15, -0.1) is 0 Å². The lowest BCUT2D eigenvalue weighted by Gasteiger charge is -2.23. The van der Waals surface area contributed by atoms with Crippen molar-refractivity contribution in [3.05, 3.63) is 42.3 Å². The van der Waals surface area contributed by atoms with Crippen LogP contribution in [0.5, 0.6) is 5.75 Å². The highest BCUT2D eigenvalue weighted by molar-refractivity contribution is 5.75. The maximum Gasteiger partial charge on any atom is 0.303 e. The van der Waals surface area contributed by atoms with Gasteiger partial charge >= 0.3 is 5.97 Å². The quantitative estimate of drug-likeness (QED) is 0.633. The van der Waals surface area contributed by atoms with Crippen molar-refractivity contribution >= 4 is 11.8 Å². The largest absolute Gasteiger partial charge is 0.491 e. The number of nitrogens with one attached hydrogen (secondary N) is 1. The van der Waals surface area contributed by atoms with E-state index in [2.05, 4.69) is 10.3 Å². The fourth-order valence-corrected chi connectivity index (χ4v) is 3.16. The van der Waals surface area contributed by atoms with Gasteiger partial charge in [-0.25, -0.2) is 9.37 Å². The zero-order chi connectivity index (χ0) is 19.8. The maximum atomic E-state index is 14.4. The van der Waals surface area contributed by atoms with Crippen molar-refractivity contribution in [3.63, 3.8) is 0 Å². The van der Waals surface area contributed by atoms with Crippen molar-refractivity contribution in [1.29, 1.82) is 0 Å². The van der Waals surface area contributed by atoms with E-state index in [1.807, 2.05) is 12.1 Å². The zero-order valence-electron chi connectivity index (χ0n) is 15.7. The van der Waals surface area contributed by atoms with Crippen LogP contribution < -0.4 is 10.1 Å². The Morgan fingerprint density at radius 2 is 2.14 bits per heavy atom. The lowest BCUT2D eigenvalue weighted by atomic mass is 10.00. The van der Waals surface area contributed by atoms with Crippen molar-refractivity contribution in [1.82, 2.24) is 4.98 Å². The number of carboxylic acid groups (broad SMARTS) is 1. The van der Waals surface area contributed by atoms with Gasteiger partial charge in [0.05, 0.1) is 6.61 Å². The summed E-state index contributed by atoms with van der Waals surface area (Å²) in [4.78, 5) is 14.9. The molecule has 0 atom stereocenters. The van der Waals surface area contributed by atoms with Crippen molar-refractivity contribution in [2.75, 3.05) is 31.7 Å². The highest BCUT2D eigenvalue weighted by atomic mass is 19.1. The molecule has 0 saturated carbocycles. The molecular formula is C21H25FN2O4. The second kappa shape index (κ2) is 10.0. The summed E-state index contributed by atoms with van der Waals surface area (Å²) in [7, 11) is 0. The number of ether oxygens (including phenoxy) is 2. The number of benzene rings is 1. The maximum absolute atomic E-state index is 14.4. The van der Waals surface area contributed by atoms with Gasteiger partial charge in [0, 0.05) is 37.9 Å². The van der Waals surface area contributed by atoms with Gasteiger partial charge in [0.1, 0.15) is 5.82 Å². The van der Waals surface area contributed by atoms with Crippen molar-refractivity contribution < 1.29 is 23.8 Å². The molecule has 0 radical (unpaired) electrons. The molecule has 1 fully saturated rings. The van der Waals surface area contributed by atoms with Gasteiger partial charge in [0.15, 0.2) is 11.6 Å². The number of aromatic nitrogens is 1. The van der Waals surface area contributed by atoms with Gasteiger partial charge in [0.2, 0.25) is 0 Å². The molecule has 150 valence electrons. The van der Waals surface area contributed by atoms with Crippen molar-refractivity contribution in [2.45, 2.75) is 25.7 Å². The molecular weight excluding hydrogens is 363 g/mol. The first-order valence-corrected chi connectivity index (χ1v) is 9.54. The Bertz CT molecular complexity index is 794. The van der Waals surface area contributed by atoms with Crippen LogP contribution in [0.3, 0.4) is 0 Å². The molecule has 28 heavy (non-hydrogen) atoms. The summed E-state index contributed by atoms with van der Waals surface area (Å²) in [5.41, 5.74) is 1.53. The molecule has 2 N–H and O–H groups in total. The van der Waals surface area contributed by atoms with Crippen LogP contribution in [-0.4, -0.2) is 42.4 Å². The van der Waals surface area contributed by atoms with Gasteiger partial charge < -0.3 is 19.9 Å². The van der Waals surface area contributed by atoms with Crippen LogP contribution in [-0.2, 0) is 9.53 Å². The van der Waals surface area contributed by atoms with Gasteiger partial charge in [-0.2, -0.15) is 0 Å². The van der Waals surface area contributed by atoms with E-state index in [1.165, 1.54) is 6.07 Å². The van der Waals surface area contributed by atoms with Crippen LogP contribution in [0, 0.1) is 11.7 Å². The molecule has 6 nitrogen and oxygen atoms in total. The third-order valence-corrected chi connectivity index (χ3v) is 4.74. The third-order valence-electron chi connectivity index (χ3n) is 4.74. The monoisotopic (exact) mass is 388 g/mol. The number of halogens is 1. The zero-order valence-corrected chi connectivity index (χ0v) is 15.7. The second-order valence-electron chi connectivity index (χ2n) is 6.83. The number of nitrogens with zero attached hydrogens (tertiary/aromatic N) is 1. The number of rotatable bonds is 9. The molecule has 1 aliphatic rings. The standard InChI is InChI=1S/C21H25FN2O4/c22-18-13-16(5-6-19(18)28-10-2-4-20(25)26)17-3-1-9-23-21(17)24-14-15-7-11-27-12-8-15/h1,3,5-6,9,13,15H,2,4,7-8,10-12,14H2,(H,23,24)(H,25,26). The summed E-state index contributed by atoms with van der Waals surface area (Å²) in [5.74, 6) is 0.0176. The number of carboxylic acids is 1. The molecule has 0 aliphatic carbocycles. The highest BCUT2D eigenvalue weighted by Crippen LogP contribution is 2.30. The molecule has 2 heterocycles. The molecule has 3 rings (SSSR count). The summed E-state index contributed by atoms with van der Waals surface area (Å²) in [6.45, 7) is 2.55. The molecule has 0 spiro atoms. The van der Waals surface area contributed by atoms with Crippen LogP contribution in [0.25, 0.3) is 11.1 Å². The molecule has 7 heteroatoms. The number of hydrogen-bond acceptors (Lipinski definition) is 5. The van der Waals surface area contributed by atoms with Gasteiger partial charge in [-0.05, 0) is 55.0 Å². The highest BCUT2D eigenvalue weighted by Gasteiger charge is 2.15. The number of aliphatic carboxylic acids is 1. The normalized spacial score (nSPS) is 14.6. The predicted octanol–water partition coefficient (Wildman–Crippen LogP) is 3.97. The average Bonchev–Trinajstić information content (AvgIpc) is 2.71. The Morgan fingerprint density at radius 3 is 2.89 bits per heavy atom. The fraction of sp³-hybridized carbons (Fsp3) is 0.429. The summed E-state index contributed by atoms with van der Waals surface area (Å²) in [5, 5.41) is 12.0. The summed E-state index contributed by atoms with van der Waals surface area (Å²) in [6.07, 6.45) is 4.10. The molecule has 1 aromatic heterocycles. The summed E-state index contributed by atoms with van der Waals surface area (Å²) in [6, 6.07) is 8.50. The molecule has 1 aliphatic heterocycles. The van der Waals surface area contributed by atoms with Crippen LogP contribution in [0.4, 0.5) is 10.2 Å². The van der Waals surface area contributed by atoms with E-state index in [1.54, 1.807) is 18.3 Å². The number of hydrogen-bond donors (Lipinski definition) is 2. The predicted molar refractivity (Wildman–Crippen MR) is 104 cm³/mol. The molecule has 1 saturated heterocycles. The minimum Gasteiger partial charge on any atom is -0.491 e. The first kappa shape index (κ1) is 20.1. The van der Waals surface area contributed by atoms with Crippen molar-refractivity contribution in [2.24, 2.45) is 5.92 Å². The number of pyridine rings is 1. The average molecular weight is 388 g/mol. The summed E-state index contributed by atoms with van der Waals surface area (Å²) >= 11 is 0. The Morgan fingerprint density at radius 1 is 1.32 bits per heavy atom. The molecule has 2 aromatic rings. The third kappa shape index (κ3) is 5.66. The Hall–Kier alpha value is -2.67. The first-order valence-electron chi connectivity index (χ1n) is 9.54. The smallest absolute Gasteiger partial charge is 0.303 e. The van der Waals surface area contributed by atoms with E-state index in [9.17, 15) is 9.18 Å². The van der Waals surface area contributed by atoms with Gasteiger partial charge in [-0.1, -0.05) is 6.07 Å². The van der Waals surface area contributed by atoms with Crippen LogP contribution in [0.15, 0.2) is 36.5 Å². The Kier molecular flexibility index (Phi) is 7.19. The lowest BCUT2D eigenvalue weighted by Crippen LogP contribution is -2.23. The van der Waals surface area contributed by atoms with Crippen LogP contribution in [0.2, 0.25) is 0 Å². The molecule has 0 bridgehead atoms. The van der Waals surface area contributed by atoms with Crippen LogP contribution in [0.1, 0.15) is 25.7 Å². The lowest BCUT2D eigenvalue weighted by molar-refractivity contribution is -0.137. The van der Waals surface area contributed by atoms with E-state index in [-0.39, 0.29) is 18.8 Å². The minimum absolute atomic E-state index is 0.00244. The van der Waals surface area contributed by atoms with E-state index in [0.29, 0.717) is 17.9 Å². The fourth-order valence-electron chi connectivity index (χ4n) is 3.16. The number of anilines is 1. The molecule has 0 unspecified atom stereocenters. The van der Waals surface area contributed by atoms with Gasteiger partial charge in [-0.3, -0.25) is 4.79 Å². The van der Waals surface area contributed by atoms with E-state index >= 15 is 0 Å². The number of carbonyl (C=O) groups is 1. The summed E-state index contributed by atoms with van der Waals surface area (Å²) < 4.78 is 25.2. The molecule has 1 aromatic carbocycles. The van der Waals surface area contributed by atoms with E-state index in [0.717, 1.165) is 44.0 Å². The van der Waals surface area contributed by atoms with Gasteiger partial charge in [0.25, 0.3) is 0 Å².